The Balaban J connectivity index is 1.09. The summed E-state index contributed by atoms with van der Waals surface area (Å²) in [6, 6.07) is 14.0. The van der Waals surface area contributed by atoms with Gasteiger partial charge >= 0.3 is 6.01 Å². The molecule has 3 aromatic rings. The Labute approximate surface area is 193 Å². The first-order valence-corrected chi connectivity index (χ1v) is 10.8. The molecule has 2 saturated heterocycles. The van der Waals surface area contributed by atoms with Gasteiger partial charge in [-0.2, -0.15) is 4.68 Å². The smallest absolute Gasteiger partial charge is 0.341 e. The molecular weight excluding hydrogens is 446 g/mol. The number of nitrogens with one attached hydrogen (secondary N) is 1. The van der Waals surface area contributed by atoms with Gasteiger partial charge in [0.25, 0.3) is 5.91 Å². The molecule has 12 nitrogen and oxygen atoms in total. The van der Waals surface area contributed by atoms with Crippen LogP contribution < -0.4 is 24.3 Å². The lowest BCUT2D eigenvalue weighted by atomic mass is 10.1. The van der Waals surface area contributed by atoms with E-state index in [4.69, 9.17) is 28.4 Å². The molecular formula is C22H21N5O7. The number of rotatable bonds is 7. The minimum absolute atomic E-state index is 0.0954. The molecule has 12 heteroatoms. The van der Waals surface area contributed by atoms with Crippen LogP contribution in [0.3, 0.4) is 0 Å². The Kier molecular flexibility index (Phi) is 5.35. The summed E-state index contributed by atoms with van der Waals surface area (Å²) in [6.45, 7) is 0.697. The van der Waals surface area contributed by atoms with Gasteiger partial charge in [0, 0.05) is 6.07 Å². The van der Waals surface area contributed by atoms with E-state index in [2.05, 4.69) is 20.8 Å². The lowest BCUT2D eigenvalue weighted by Gasteiger charge is -2.18. The van der Waals surface area contributed by atoms with Crippen molar-refractivity contribution >= 4 is 5.91 Å². The van der Waals surface area contributed by atoms with Crippen LogP contribution >= 0.6 is 0 Å². The van der Waals surface area contributed by atoms with Crippen LogP contribution in [0, 0.1) is 0 Å². The number of carbonyl (C=O) groups is 1. The third-order valence-electron chi connectivity index (χ3n) is 5.82. The van der Waals surface area contributed by atoms with Crippen molar-refractivity contribution in [3.05, 3.63) is 48.5 Å². The number of amides is 1. The SMILES string of the molecule is O=C(COc1ccccc1)NC1COC2C1OCC2n1nnnc1Oc1ccc2c(c1)OCO2. The highest BCUT2D eigenvalue weighted by molar-refractivity contribution is 5.78. The van der Waals surface area contributed by atoms with Gasteiger partial charge in [0.15, 0.2) is 18.1 Å². The number of aromatic nitrogens is 4. The molecule has 0 spiro atoms. The number of carbonyl (C=O) groups excluding carboxylic acids is 1. The average molecular weight is 467 g/mol. The molecule has 4 atom stereocenters. The Morgan fingerprint density at radius 3 is 2.79 bits per heavy atom. The van der Waals surface area contributed by atoms with E-state index in [1.807, 2.05) is 18.2 Å². The van der Waals surface area contributed by atoms with Gasteiger partial charge in [0.1, 0.15) is 29.7 Å². The van der Waals surface area contributed by atoms with Gasteiger partial charge in [-0.1, -0.05) is 23.3 Å². The second kappa shape index (κ2) is 8.80. The second-order valence-electron chi connectivity index (χ2n) is 7.96. The predicted octanol–water partition coefficient (Wildman–Crippen LogP) is 1.10. The lowest BCUT2D eigenvalue weighted by Crippen LogP contribution is -2.45. The first kappa shape index (κ1) is 20.7. The maximum Gasteiger partial charge on any atom is 0.341 e. The molecule has 2 fully saturated rings. The van der Waals surface area contributed by atoms with Crippen molar-refractivity contribution < 1.29 is 33.2 Å². The third kappa shape index (κ3) is 3.97. The van der Waals surface area contributed by atoms with E-state index >= 15 is 0 Å². The molecule has 0 bridgehead atoms. The number of hydrogen-bond donors (Lipinski definition) is 1. The maximum absolute atomic E-state index is 12.4. The fourth-order valence-electron chi connectivity index (χ4n) is 4.23. The Morgan fingerprint density at radius 1 is 1.03 bits per heavy atom. The van der Waals surface area contributed by atoms with Crippen LogP contribution in [0.15, 0.2) is 48.5 Å². The fraction of sp³-hybridized carbons (Fsp3) is 0.364. The zero-order chi connectivity index (χ0) is 22.9. The molecule has 6 rings (SSSR count). The lowest BCUT2D eigenvalue weighted by molar-refractivity contribution is -0.124. The van der Waals surface area contributed by atoms with Crippen molar-refractivity contribution in [1.29, 1.82) is 0 Å². The van der Waals surface area contributed by atoms with Crippen LogP contribution in [0.4, 0.5) is 0 Å². The number of tetrazole rings is 1. The molecule has 3 aliphatic rings. The third-order valence-corrected chi connectivity index (χ3v) is 5.82. The minimum Gasteiger partial charge on any atom is -0.484 e. The number of para-hydroxylation sites is 1. The fourth-order valence-corrected chi connectivity index (χ4v) is 4.23. The number of benzene rings is 2. The second-order valence-corrected chi connectivity index (χ2v) is 7.96. The zero-order valence-corrected chi connectivity index (χ0v) is 17.9. The highest BCUT2D eigenvalue weighted by Crippen LogP contribution is 2.38. The maximum atomic E-state index is 12.4. The van der Waals surface area contributed by atoms with Crippen LogP contribution in [0.2, 0.25) is 0 Å². The van der Waals surface area contributed by atoms with Crippen molar-refractivity contribution in [3.63, 3.8) is 0 Å². The summed E-state index contributed by atoms with van der Waals surface area (Å²) in [5, 5.41) is 14.8. The summed E-state index contributed by atoms with van der Waals surface area (Å²) in [5.74, 6) is 2.13. The monoisotopic (exact) mass is 467 g/mol. The first-order chi connectivity index (χ1) is 16.7. The standard InChI is InChI=1S/C22H21N5O7/c28-19(11-29-13-4-2-1-3-5-13)23-15-9-30-21-16(10-31-20(15)21)27-22(24-25-26-27)34-14-6-7-17-18(8-14)33-12-32-17/h1-8,15-16,20-21H,9-12H2,(H,23,28). The number of fused-ring (bicyclic) bond motifs is 2. The molecule has 3 aliphatic heterocycles. The molecule has 0 radical (unpaired) electrons. The van der Waals surface area contributed by atoms with Crippen molar-refractivity contribution in [1.82, 2.24) is 25.5 Å². The average Bonchev–Trinajstić information content (AvgIpc) is 3.64. The summed E-state index contributed by atoms with van der Waals surface area (Å²) < 4.78 is 35.6. The molecule has 34 heavy (non-hydrogen) atoms. The molecule has 1 N–H and O–H groups in total. The highest BCUT2D eigenvalue weighted by Gasteiger charge is 2.50. The van der Waals surface area contributed by atoms with Crippen LogP contribution in [0.1, 0.15) is 6.04 Å². The Bertz CT molecular complexity index is 1170. The topological polar surface area (TPSA) is 128 Å². The van der Waals surface area contributed by atoms with E-state index in [-0.39, 0.29) is 49.6 Å². The van der Waals surface area contributed by atoms with Gasteiger partial charge < -0.3 is 33.7 Å². The molecule has 1 aromatic heterocycles. The minimum atomic E-state index is -0.344. The summed E-state index contributed by atoms with van der Waals surface area (Å²) in [5.41, 5.74) is 0. The molecule has 1 amide bonds. The van der Waals surface area contributed by atoms with E-state index in [0.29, 0.717) is 36.2 Å². The van der Waals surface area contributed by atoms with Gasteiger partial charge in [0.2, 0.25) is 6.79 Å². The summed E-state index contributed by atoms with van der Waals surface area (Å²) in [6.07, 6.45) is -0.684. The molecule has 4 heterocycles. The summed E-state index contributed by atoms with van der Waals surface area (Å²) in [7, 11) is 0. The van der Waals surface area contributed by atoms with Gasteiger partial charge in [-0.3, -0.25) is 4.79 Å². The van der Waals surface area contributed by atoms with E-state index in [0.717, 1.165) is 0 Å². The van der Waals surface area contributed by atoms with Gasteiger partial charge in [-0.15, -0.1) is 0 Å². The van der Waals surface area contributed by atoms with Gasteiger partial charge in [-0.25, -0.2) is 0 Å². The quantitative estimate of drug-likeness (QED) is 0.539. The van der Waals surface area contributed by atoms with E-state index < -0.39 is 0 Å². The van der Waals surface area contributed by atoms with Crippen molar-refractivity contribution in [2.75, 3.05) is 26.6 Å². The first-order valence-electron chi connectivity index (χ1n) is 10.8. The number of nitrogens with zero attached hydrogens (tertiary/aromatic N) is 4. The number of ether oxygens (including phenoxy) is 6. The predicted molar refractivity (Wildman–Crippen MR) is 113 cm³/mol. The van der Waals surface area contributed by atoms with E-state index in [9.17, 15) is 4.79 Å². The molecule has 0 saturated carbocycles. The molecule has 0 aliphatic carbocycles. The van der Waals surface area contributed by atoms with Crippen molar-refractivity contribution in [3.8, 4) is 29.0 Å². The van der Waals surface area contributed by atoms with Crippen molar-refractivity contribution in [2.24, 2.45) is 0 Å². The van der Waals surface area contributed by atoms with Gasteiger partial charge in [-0.05, 0) is 34.7 Å². The van der Waals surface area contributed by atoms with Crippen molar-refractivity contribution in [2.45, 2.75) is 24.3 Å². The van der Waals surface area contributed by atoms with Crippen LogP contribution in [-0.4, -0.2) is 71.0 Å². The molecule has 176 valence electrons. The van der Waals surface area contributed by atoms with Gasteiger partial charge in [0.05, 0.1) is 19.3 Å². The van der Waals surface area contributed by atoms with E-state index in [1.54, 1.807) is 30.3 Å². The van der Waals surface area contributed by atoms with Crippen LogP contribution in [0.5, 0.6) is 29.0 Å². The number of hydrogen-bond acceptors (Lipinski definition) is 10. The molecule has 4 unspecified atom stereocenters. The highest BCUT2D eigenvalue weighted by atomic mass is 16.7. The Hall–Kier alpha value is -3.90. The molecule has 2 aromatic carbocycles. The zero-order valence-electron chi connectivity index (χ0n) is 17.9. The normalized spacial score (nSPS) is 24.6. The summed E-state index contributed by atoms with van der Waals surface area (Å²) in [4.78, 5) is 12.4. The van der Waals surface area contributed by atoms with Crippen LogP contribution in [-0.2, 0) is 14.3 Å². The summed E-state index contributed by atoms with van der Waals surface area (Å²) >= 11 is 0. The van der Waals surface area contributed by atoms with Crippen LogP contribution in [0.25, 0.3) is 0 Å². The largest absolute Gasteiger partial charge is 0.484 e. The Morgan fingerprint density at radius 2 is 1.88 bits per heavy atom. The van der Waals surface area contributed by atoms with E-state index in [1.165, 1.54) is 4.68 Å².